The van der Waals surface area contributed by atoms with Crippen LogP contribution in [-0.4, -0.2) is 56.2 Å². The van der Waals surface area contributed by atoms with E-state index < -0.39 is 15.7 Å². The SMILES string of the molecule is CN(C)CCNc1ccc(-c2csc(NC(C)(C)Oc3cccc(S(N)(=O)=O)c3)n2)cn1. The molecule has 0 atom stereocenters. The van der Waals surface area contributed by atoms with Gasteiger partial charge in [-0.05, 0) is 52.2 Å². The van der Waals surface area contributed by atoms with Crippen LogP contribution in [0.1, 0.15) is 13.8 Å². The number of ether oxygens (including phenoxy) is 1. The first-order chi connectivity index (χ1) is 15.0. The molecule has 3 aromatic rings. The second-order valence-corrected chi connectivity index (χ2v) is 10.4. The van der Waals surface area contributed by atoms with Crippen LogP contribution in [0.2, 0.25) is 0 Å². The zero-order valence-corrected chi connectivity index (χ0v) is 20.1. The summed E-state index contributed by atoms with van der Waals surface area (Å²) in [5, 5.41) is 14.3. The summed E-state index contributed by atoms with van der Waals surface area (Å²) >= 11 is 1.44. The number of aromatic nitrogens is 2. The molecule has 2 heterocycles. The van der Waals surface area contributed by atoms with Crippen LogP contribution in [0.3, 0.4) is 0 Å². The van der Waals surface area contributed by atoms with Crippen molar-refractivity contribution in [2.45, 2.75) is 24.5 Å². The van der Waals surface area contributed by atoms with Crippen LogP contribution >= 0.6 is 11.3 Å². The van der Waals surface area contributed by atoms with E-state index in [4.69, 9.17) is 9.88 Å². The Labute approximate surface area is 192 Å². The highest BCUT2D eigenvalue weighted by molar-refractivity contribution is 7.89. The van der Waals surface area contributed by atoms with E-state index in [0.29, 0.717) is 10.9 Å². The Kier molecular flexibility index (Phi) is 7.34. The standard InChI is InChI=1S/C21H28N6O3S2/c1-21(2,30-16-6-5-7-17(12-16)32(22,28)29)26-20-25-18(14-31-20)15-8-9-19(24-13-15)23-10-11-27(3)4/h5-9,12-14H,10-11H2,1-4H3,(H,23,24)(H,25,26)(H2,22,28,29). The molecule has 0 unspecified atom stereocenters. The molecule has 0 bridgehead atoms. The summed E-state index contributed by atoms with van der Waals surface area (Å²) in [6, 6.07) is 9.98. The average Bonchev–Trinajstić information content (AvgIpc) is 3.15. The van der Waals surface area contributed by atoms with Gasteiger partial charge in [-0.15, -0.1) is 11.3 Å². The van der Waals surface area contributed by atoms with E-state index in [2.05, 4.69) is 25.5 Å². The molecule has 0 fully saturated rings. The number of nitrogens with one attached hydrogen (secondary N) is 2. The van der Waals surface area contributed by atoms with Gasteiger partial charge in [0.15, 0.2) is 10.9 Å². The quantitative estimate of drug-likeness (QED) is 0.382. The van der Waals surface area contributed by atoms with Crippen LogP contribution in [0.4, 0.5) is 10.9 Å². The van der Waals surface area contributed by atoms with E-state index in [-0.39, 0.29) is 4.90 Å². The van der Waals surface area contributed by atoms with Crippen molar-refractivity contribution in [2.24, 2.45) is 5.14 Å². The molecule has 0 saturated heterocycles. The number of rotatable bonds is 10. The van der Waals surface area contributed by atoms with Gasteiger partial charge in [0.1, 0.15) is 11.6 Å². The summed E-state index contributed by atoms with van der Waals surface area (Å²) in [5.41, 5.74) is 0.869. The highest BCUT2D eigenvalue weighted by Gasteiger charge is 2.22. The largest absolute Gasteiger partial charge is 0.469 e. The highest BCUT2D eigenvalue weighted by Crippen LogP contribution is 2.28. The number of pyridine rings is 1. The summed E-state index contributed by atoms with van der Waals surface area (Å²) in [6.45, 7) is 5.40. The third kappa shape index (κ3) is 6.89. The summed E-state index contributed by atoms with van der Waals surface area (Å²) < 4.78 is 29.1. The fourth-order valence-electron chi connectivity index (χ4n) is 2.81. The minimum atomic E-state index is -3.80. The predicted octanol–water partition coefficient (Wildman–Crippen LogP) is 3.05. The molecule has 0 amide bonds. The van der Waals surface area contributed by atoms with Crippen LogP contribution in [-0.2, 0) is 10.0 Å². The third-order valence-electron chi connectivity index (χ3n) is 4.34. The number of nitrogens with zero attached hydrogens (tertiary/aromatic N) is 3. The maximum absolute atomic E-state index is 11.6. The van der Waals surface area contributed by atoms with Gasteiger partial charge in [0.2, 0.25) is 10.0 Å². The number of benzene rings is 1. The zero-order chi connectivity index (χ0) is 23.4. The second kappa shape index (κ2) is 9.82. The predicted molar refractivity (Wildman–Crippen MR) is 129 cm³/mol. The Morgan fingerprint density at radius 2 is 2.00 bits per heavy atom. The Bertz CT molecular complexity index is 1140. The number of sulfonamides is 1. The molecule has 172 valence electrons. The maximum atomic E-state index is 11.6. The summed E-state index contributed by atoms with van der Waals surface area (Å²) in [6.07, 6.45) is 1.79. The van der Waals surface area contributed by atoms with Crippen LogP contribution in [0, 0.1) is 0 Å². The first-order valence-electron chi connectivity index (χ1n) is 9.92. The fraction of sp³-hybridized carbons (Fsp3) is 0.333. The Morgan fingerprint density at radius 1 is 1.22 bits per heavy atom. The van der Waals surface area contributed by atoms with Crippen molar-refractivity contribution in [1.82, 2.24) is 14.9 Å². The number of thiazole rings is 1. The van der Waals surface area contributed by atoms with E-state index in [1.54, 1.807) is 18.3 Å². The van der Waals surface area contributed by atoms with Gasteiger partial charge in [0.05, 0.1) is 10.6 Å². The Morgan fingerprint density at radius 3 is 2.66 bits per heavy atom. The first-order valence-corrected chi connectivity index (χ1v) is 12.3. The lowest BCUT2D eigenvalue weighted by atomic mass is 10.2. The molecular formula is C21H28N6O3S2. The molecule has 11 heteroatoms. The maximum Gasteiger partial charge on any atom is 0.238 e. The summed E-state index contributed by atoms with van der Waals surface area (Å²) in [7, 11) is 0.253. The van der Waals surface area contributed by atoms with Crippen molar-refractivity contribution in [3.05, 3.63) is 48.0 Å². The molecule has 1 aromatic carbocycles. The lowest BCUT2D eigenvalue weighted by Crippen LogP contribution is -2.37. The van der Waals surface area contributed by atoms with Crippen molar-refractivity contribution in [3.63, 3.8) is 0 Å². The Balaban J connectivity index is 1.64. The number of primary sulfonamides is 1. The van der Waals surface area contributed by atoms with Crippen molar-refractivity contribution >= 4 is 32.3 Å². The van der Waals surface area contributed by atoms with Crippen LogP contribution in [0.15, 0.2) is 52.9 Å². The molecule has 2 aromatic heterocycles. The van der Waals surface area contributed by atoms with Crippen molar-refractivity contribution < 1.29 is 13.2 Å². The second-order valence-electron chi connectivity index (χ2n) is 7.96. The van der Waals surface area contributed by atoms with Crippen molar-refractivity contribution in [1.29, 1.82) is 0 Å². The van der Waals surface area contributed by atoms with E-state index in [0.717, 1.165) is 30.2 Å². The topological polar surface area (TPSA) is 122 Å². The first kappa shape index (κ1) is 23.9. The van der Waals surface area contributed by atoms with E-state index in [1.165, 1.54) is 23.5 Å². The van der Waals surface area contributed by atoms with Gasteiger partial charge in [0.25, 0.3) is 0 Å². The number of likely N-dealkylation sites (N-methyl/N-ethyl adjacent to an activating group) is 1. The van der Waals surface area contributed by atoms with Crippen LogP contribution in [0.5, 0.6) is 5.75 Å². The van der Waals surface area contributed by atoms with Gasteiger partial charge < -0.3 is 20.3 Å². The lowest BCUT2D eigenvalue weighted by Gasteiger charge is -2.27. The van der Waals surface area contributed by atoms with Gasteiger partial charge >= 0.3 is 0 Å². The number of nitrogens with two attached hydrogens (primary N) is 1. The molecule has 0 aliphatic rings. The highest BCUT2D eigenvalue weighted by atomic mass is 32.2. The summed E-state index contributed by atoms with van der Waals surface area (Å²) in [5.74, 6) is 1.20. The molecule has 0 aliphatic heterocycles. The normalized spacial score (nSPS) is 12.1. The average molecular weight is 477 g/mol. The molecular weight excluding hydrogens is 448 g/mol. The molecule has 32 heavy (non-hydrogen) atoms. The molecule has 9 nitrogen and oxygen atoms in total. The zero-order valence-electron chi connectivity index (χ0n) is 18.5. The minimum Gasteiger partial charge on any atom is -0.469 e. The van der Waals surface area contributed by atoms with Gasteiger partial charge in [-0.2, -0.15) is 0 Å². The van der Waals surface area contributed by atoms with Crippen molar-refractivity contribution in [3.8, 4) is 17.0 Å². The number of hydrogen-bond acceptors (Lipinski definition) is 9. The fourth-order valence-corrected chi connectivity index (χ4v) is 4.23. The third-order valence-corrected chi connectivity index (χ3v) is 6.01. The molecule has 3 rings (SSSR count). The summed E-state index contributed by atoms with van der Waals surface area (Å²) in [4.78, 5) is 11.2. The molecule has 0 spiro atoms. The molecule has 0 radical (unpaired) electrons. The van der Waals surface area contributed by atoms with Gasteiger partial charge in [-0.1, -0.05) is 6.07 Å². The van der Waals surface area contributed by atoms with Crippen LogP contribution < -0.4 is 20.5 Å². The lowest BCUT2D eigenvalue weighted by molar-refractivity contribution is 0.140. The van der Waals surface area contributed by atoms with E-state index in [9.17, 15) is 8.42 Å². The van der Waals surface area contributed by atoms with Crippen molar-refractivity contribution in [2.75, 3.05) is 37.8 Å². The van der Waals surface area contributed by atoms with E-state index in [1.807, 2.05) is 45.5 Å². The Hall–Kier alpha value is -2.73. The molecule has 0 saturated carbocycles. The molecule has 4 N–H and O–H groups in total. The number of anilines is 2. The smallest absolute Gasteiger partial charge is 0.238 e. The van der Waals surface area contributed by atoms with Gasteiger partial charge in [-0.3, -0.25) is 0 Å². The monoisotopic (exact) mass is 476 g/mol. The molecule has 0 aliphatic carbocycles. The van der Waals surface area contributed by atoms with Crippen LogP contribution in [0.25, 0.3) is 11.3 Å². The van der Waals surface area contributed by atoms with Gasteiger partial charge in [-0.25, -0.2) is 23.5 Å². The minimum absolute atomic E-state index is 0.00511. The number of hydrogen-bond donors (Lipinski definition) is 3. The van der Waals surface area contributed by atoms with Gasteiger partial charge in [0, 0.05) is 36.3 Å². The van der Waals surface area contributed by atoms with E-state index >= 15 is 0 Å².